The van der Waals surface area contributed by atoms with Crippen molar-refractivity contribution >= 4 is 40.7 Å². The number of furan rings is 2. The summed E-state index contributed by atoms with van der Waals surface area (Å²) >= 11 is 1.04. The van der Waals surface area contributed by atoms with Crippen LogP contribution in [-0.2, 0) is 19.1 Å². The summed E-state index contributed by atoms with van der Waals surface area (Å²) in [5.74, 6) is -1.85. The van der Waals surface area contributed by atoms with Gasteiger partial charge in [-0.2, -0.15) is 0 Å². The molecule has 10 heteroatoms. The Morgan fingerprint density at radius 1 is 1.18 bits per heavy atom. The third-order valence-electron chi connectivity index (χ3n) is 4.85. The maximum atomic E-state index is 13.3. The zero-order chi connectivity index (χ0) is 23.7. The van der Waals surface area contributed by atoms with E-state index in [1.165, 1.54) is 12.5 Å². The monoisotopic (exact) mass is 470 g/mol. The van der Waals surface area contributed by atoms with Gasteiger partial charge in [-0.05, 0) is 45.0 Å². The van der Waals surface area contributed by atoms with Gasteiger partial charge in [0.05, 0.1) is 46.8 Å². The number of nitrogens with zero attached hydrogens (tertiary/aromatic N) is 1. The maximum Gasteiger partial charge on any atom is 0.338 e. The Morgan fingerprint density at radius 3 is 2.52 bits per heavy atom. The minimum absolute atomic E-state index is 0.0668. The van der Waals surface area contributed by atoms with Crippen molar-refractivity contribution in [2.75, 3.05) is 6.61 Å². The Morgan fingerprint density at radius 2 is 1.91 bits per heavy atom. The van der Waals surface area contributed by atoms with Gasteiger partial charge in [0.2, 0.25) is 0 Å². The predicted molar refractivity (Wildman–Crippen MR) is 120 cm³/mol. The molecule has 4 heterocycles. The SMILES string of the molecule is CCOC(=O)C1=C(N)n2c(s/c(=C/c3ccco3)c2=O)=C(C(=O)OC(C)C)[C@@H]1c1ccco1. The number of hydrogen-bond donors (Lipinski definition) is 1. The third kappa shape index (κ3) is 4.05. The molecule has 0 saturated heterocycles. The lowest BCUT2D eigenvalue weighted by Crippen LogP contribution is -2.42. The van der Waals surface area contributed by atoms with Gasteiger partial charge < -0.3 is 24.0 Å². The van der Waals surface area contributed by atoms with E-state index in [0.29, 0.717) is 11.5 Å². The minimum atomic E-state index is -1.01. The third-order valence-corrected chi connectivity index (χ3v) is 5.96. The molecule has 3 aromatic heterocycles. The number of fused-ring (bicyclic) bond motifs is 1. The fraction of sp³-hybridized carbons (Fsp3) is 0.261. The maximum absolute atomic E-state index is 13.3. The molecule has 0 amide bonds. The molecular weight excluding hydrogens is 448 g/mol. The highest BCUT2D eigenvalue weighted by atomic mass is 32.1. The molecule has 0 aliphatic carbocycles. The van der Waals surface area contributed by atoms with Gasteiger partial charge in [-0.25, -0.2) is 9.59 Å². The normalized spacial score (nSPS) is 16.3. The Kier molecular flexibility index (Phi) is 6.10. The number of hydrogen-bond acceptors (Lipinski definition) is 9. The van der Waals surface area contributed by atoms with Crippen molar-refractivity contribution in [2.24, 2.45) is 5.73 Å². The number of rotatable bonds is 6. The second kappa shape index (κ2) is 8.99. The Labute approximate surface area is 192 Å². The first kappa shape index (κ1) is 22.4. The smallest absolute Gasteiger partial charge is 0.338 e. The summed E-state index contributed by atoms with van der Waals surface area (Å²) in [5, 5.41) is 0. The summed E-state index contributed by atoms with van der Waals surface area (Å²) in [7, 11) is 0. The molecule has 0 unspecified atom stereocenters. The highest BCUT2D eigenvalue weighted by Crippen LogP contribution is 2.38. The van der Waals surface area contributed by atoms with Gasteiger partial charge >= 0.3 is 11.9 Å². The summed E-state index contributed by atoms with van der Waals surface area (Å²) in [6.45, 7) is 5.14. The van der Waals surface area contributed by atoms with E-state index in [0.717, 1.165) is 15.9 Å². The van der Waals surface area contributed by atoms with Gasteiger partial charge in [0.25, 0.3) is 5.56 Å². The molecule has 1 aliphatic heterocycles. The topological polar surface area (TPSA) is 127 Å². The first-order valence-corrected chi connectivity index (χ1v) is 11.1. The van der Waals surface area contributed by atoms with Crippen LogP contribution in [0.2, 0.25) is 0 Å². The van der Waals surface area contributed by atoms with Crippen LogP contribution in [0.25, 0.3) is 17.5 Å². The summed E-state index contributed by atoms with van der Waals surface area (Å²) < 4.78 is 23.2. The zero-order valence-corrected chi connectivity index (χ0v) is 19.0. The number of nitrogens with two attached hydrogens (primary N) is 1. The molecule has 0 fully saturated rings. The van der Waals surface area contributed by atoms with Crippen molar-refractivity contribution in [3.8, 4) is 0 Å². The molecule has 9 nitrogen and oxygen atoms in total. The standard InChI is InChI=1S/C23H22N2O7S/c1-4-29-22(27)17-16(14-8-6-10-31-14)18(23(28)32-12(2)3)21-25(19(17)24)20(26)15(33-21)11-13-7-5-9-30-13/h5-12,16H,4,24H2,1-3H3/b15-11+/t16-/m1/s1. The average molecular weight is 471 g/mol. The molecule has 1 aliphatic rings. The molecule has 172 valence electrons. The van der Waals surface area contributed by atoms with Crippen molar-refractivity contribution in [1.82, 2.24) is 4.57 Å². The molecule has 0 saturated carbocycles. The zero-order valence-electron chi connectivity index (χ0n) is 18.2. The molecule has 1 atom stereocenters. The van der Waals surface area contributed by atoms with E-state index in [2.05, 4.69) is 0 Å². The highest BCUT2D eigenvalue weighted by molar-refractivity contribution is 7.07. The lowest BCUT2D eigenvalue weighted by Gasteiger charge is -2.25. The van der Waals surface area contributed by atoms with E-state index in [-0.39, 0.29) is 32.8 Å². The van der Waals surface area contributed by atoms with Crippen LogP contribution in [-0.4, -0.2) is 29.2 Å². The van der Waals surface area contributed by atoms with Crippen LogP contribution in [0.5, 0.6) is 0 Å². The van der Waals surface area contributed by atoms with E-state index >= 15 is 0 Å². The minimum Gasteiger partial charge on any atom is -0.468 e. The van der Waals surface area contributed by atoms with Gasteiger partial charge in [-0.15, -0.1) is 11.3 Å². The van der Waals surface area contributed by atoms with Crippen LogP contribution in [0.1, 0.15) is 38.2 Å². The molecule has 2 N–H and O–H groups in total. The van der Waals surface area contributed by atoms with Gasteiger partial charge in [0.1, 0.15) is 22.0 Å². The van der Waals surface area contributed by atoms with Crippen LogP contribution in [0.15, 0.2) is 56.0 Å². The predicted octanol–water partition coefficient (Wildman–Crippen LogP) is 1.51. The van der Waals surface area contributed by atoms with E-state index in [1.807, 2.05) is 0 Å². The van der Waals surface area contributed by atoms with E-state index < -0.39 is 29.5 Å². The summed E-state index contributed by atoms with van der Waals surface area (Å²) in [4.78, 5) is 39.6. The molecule has 4 rings (SSSR count). The number of carbonyl (C=O) groups excluding carboxylic acids is 2. The van der Waals surface area contributed by atoms with Crippen LogP contribution >= 0.6 is 11.3 Å². The van der Waals surface area contributed by atoms with Crippen molar-refractivity contribution in [2.45, 2.75) is 32.8 Å². The molecule has 0 radical (unpaired) electrons. The first-order valence-electron chi connectivity index (χ1n) is 10.3. The van der Waals surface area contributed by atoms with Crippen molar-refractivity contribution < 1.29 is 27.9 Å². The van der Waals surface area contributed by atoms with Crippen molar-refractivity contribution in [3.63, 3.8) is 0 Å². The lowest BCUT2D eigenvalue weighted by atomic mass is 9.87. The first-order chi connectivity index (χ1) is 15.8. The number of esters is 2. The molecule has 0 bridgehead atoms. The van der Waals surface area contributed by atoms with E-state index in [1.54, 1.807) is 51.1 Å². The van der Waals surface area contributed by atoms with E-state index in [9.17, 15) is 14.4 Å². The Bertz CT molecular complexity index is 1390. The lowest BCUT2D eigenvalue weighted by molar-refractivity contribution is -0.140. The molecule has 3 aromatic rings. The quantitative estimate of drug-likeness (QED) is 0.537. The molecule has 33 heavy (non-hydrogen) atoms. The Balaban J connectivity index is 2.10. The number of thiazole rings is 1. The molecular formula is C23H22N2O7S. The van der Waals surface area contributed by atoms with Crippen molar-refractivity contribution in [1.29, 1.82) is 0 Å². The molecule has 0 spiro atoms. The van der Waals surface area contributed by atoms with Crippen LogP contribution in [0, 0.1) is 0 Å². The summed E-state index contributed by atoms with van der Waals surface area (Å²) in [6, 6.07) is 6.63. The summed E-state index contributed by atoms with van der Waals surface area (Å²) in [5.41, 5.74) is 5.87. The second-order valence-electron chi connectivity index (χ2n) is 7.41. The van der Waals surface area contributed by atoms with Gasteiger partial charge in [-0.3, -0.25) is 9.36 Å². The fourth-order valence-corrected chi connectivity index (χ4v) is 4.72. The van der Waals surface area contributed by atoms with Gasteiger partial charge in [-0.1, -0.05) is 0 Å². The van der Waals surface area contributed by atoms with Gasteiger partial charge in [0, 0.05) is 6.08 Å². The number of carbonyl (C=O) groups is 2. The average Bonchev–Trinajstić information content (AvgIpc) is 3.50. The Hall–Kier alpha value is -3.79. The van der Waals surface area contributed by atoms with E-state index in [4.69, 9.17) is 24.0 Å². The second-order valence-corrected chi connectivity index (χ2v) is 8.44. The molecule has 0 aromatic carbocycles. The number of ether oxygens (including phenoxy) is 2. The van der Waals surface area contributed by atoms with Crippen LogP contribution in [0.3, 0.4) is 0 Å². The van der Waals surface area contributed by atoms with Crippen molar-refractivity contribution in [3.05, 3.63) is 73.4 Å². The van der Waals surface area contributed by atoms with Crippen LogP contribution < -0.4 is 20.5 Å². The number of aromatic nitrogens is 1. The highest BCUT2D eigenvalue weighted by Gasteiger charge is 2.41. The largest absolute Gasteiger partial charge is 0.468 e. The summed E-state index contributed by atoms with van der Waals surface area (Å²) in [6.07, 6.45) is 4.01. The van der Waals surface area contributed by atoms with Gasteiger partial charge in [0.15, 0.2) is 0 Å². The fourth-order valence-electron chi connectivity index (χ4n) is 3.57. The van der Waals surface area contributed by atoms with Crippen LogP contribution in [0.4, 0.5) is 0 Å².